The van der Waals surface area contributed by atoms with E-state index in [1.165, 1.54) is 12.8 Å². The molecule has 1 aliphatic carbocycles. The van der Waals surface area contributed by atoms with E-state index in [2.05, 4.69) is 24.8 Å². The normalized spacial score (nSPS) is 22.1. The highest BCUT2D eigenvalue weighted by atomic mass is 16.5. The van der Waals surface area contributed by atoms with Gasteiger partial charge in [-0.1, -0.05) is 12.8 Å². The van der Waals surface area contributed by atoms with Gasteiger partial charge < -0.3 is 9.64 Å². The molecular weight excluding hydrogens is 288 g/mol. The molecule has 1 saturated heterocycles. The fourth-order valence-corrected chi connectivity index (χ4v) is 4.12. The zero-order valence-corrected chi connectivity index (χ0v) is 14.2. The van der Waals surface area contributed by atoms with Crippen molar-refractivity contribution in [2.24, 2.45) is 0 Å². The van der Waals surface area contributed by atoms with Crippen molar-refractivity contribution in [1.82, 2.24) is 0 Å². The summed E-state index contributed by atoms with van der Waals surface area (Å²) < 4.78 is 6.44. The number of Topliss-reactive ketones (excluding diaryl/α,β-unsaturated/α-hetero) is 1. The summed E-state index contributed by atoms with van der Waals surface area (Å²) in [6.07, 6.45) is 4.53. The maximum absolute atomic E-state index is 12.0. The Morgan fingerprint density at radius 2 is 1.96 bits per heavy atom. The lowest BCUT2D eigenvalue weighted by Gasteiger charge is -2.50. The molecular formula is C19H24N2O2. The molecule has 1 spiro atoms. The Kier molecular flexibility index (Phi) is 3.93. The number of carbonyl (C=O) groups is 1. The third-order valence-electron chi connectivity index (χ3n) is 4.91. The topological polar surface area (TPSA) is 53.3 Å². The van der Waals surface area contributed by atoms with Crippen LogP contribution >= 0.6 is 0 Å². The highest BCUT2D eigenvalue weighted by Gasteiger charge is 2.46. The number of nitrogens with zero attached hydrogens (tertiary/aromatic N) is 2. The van der Waals surface area contributed by atoms with E-state index in [-0.39, 0.29) is 17.0 Å². The lowest BCUT2D eigenvalue weighted by molar-refractivity contribution is -0.148. The van der Waals surface area contributed by atoms with Gasteiger partial charge in [0.2, 0.25) is 0 Å². The first kappa shape index (κ1) is 16.0. The molecule has 23 heavy (non-hydrogen) atoms. The summed E-state index contributed by atoms with van der Waals surface area (Å²) in [7, 11) is 0. The number of hydrogen-bond acceptors (Lipinski definition) is 4. The van der Waals surface area contributed by atoms with Gasteiger partial charge >= 0.3 is 0 Å². The fraction of sp³-hybridized carbons (Fsp3) is 0.579. The summed E-state index contributed by atoms with van der Waals surface area (Å²) in [6.45, 7) is 7.33. The number of ketones is 1. The molecule has 0 unspecified atom stereocenters. The number of hydrogen-bond donors (Lipinski definition) is 0. The van der Waals surface area contributed by atoms with Crippen molar-refractivity contribution in [3.63, 3.8) is 0 Å². The van der Waals surface area contributed by atoms with Crippen LogP contribution in [0.3, 0.4) is 0 Å². The summed E-state index contributed by atoms with van der Waals surface area (Å²) in [4.78, 5) is 14.3. The summed E-state index contributed by atoms with van der Waals surface area (Å²) >= 11 is 0. The summed E-state index contributed by atoms with van der Waals surface area (Å²) in [5, 5.41) is 9.22. The molecule has 1 heterocycles. The minimum Gasteiger partial charge on any atom is -0.365 e. The molecule has 0 N–H and O–H groups in total. The summed E-state index contributed by atoms with van der Waals surface area (Å²) in [5.41, 5.74) is 1.78. The van der Waals surface area contributed by atoms with Gasteiger partial charge in [0, 0.05) is 24.3 Å². The van der Waals surface area contributed by atoms with Crippen LogP contribution < -0.4 is 4.90 Å². The van der Waals surface area contributed by atoms with Crippen LogP contribution in [0.4, 0.5) is 5.69 Å². The molecule has 0 bridgehead atoms. The van der Waals surface area contributed by atoms with Gasteiger partial charge in [0.15, 0.2) is 5.78 Å². The van der Waals surface area contributed by atoms with Crippen LogP contribution in [0.5, 0.6) is 0 Å². The van der Waals surface area contributed by atoms with Gasteiger partial charge in [-0.3, -0.25) is 4.79 Å². The molecule has 0 radical (unpaired) electrons. The van der Waals surface area contributed by atoms with Crippen LogP contribution in [-0.4, -0.2) is 30.1 Å². The largest absolute Gasteiger partial charge is 0.365 e. The van der Waals surface area contributed by atoms with Gasteiger partial charge in [-0.15, -0.1) is 0 Å². The zero-order valence-electron chi connectivity index (χ0n) is 14.2. The van der Waals surface area contributed by atoms with Gasteiger partial charge in [0.1, 0.15) is 0 Å². The molecule has 1 aliphatic heterocycles. The predicted octanol–water partition coefficient (Wildman–Crippen LogP) is 3.69. The van der Waals surface area contributed by atoms with Crippen LogP contribution in [0.15, 0.2) is 18.2 Å². The zero-order chi connectivity index (χ0) is 16.7. The summed E-state index contributed by atoms with van der Waals surface area (Å²) in [6, 6.07) is 7.53. The maximum atomic E-state index is 12.0. The van der Waals surface area contributed by atoms with Crippen molar-refractivity contribution in [1.29, 1.82) is 5.26 Å². The van der Waals surface area contributed by atoms with E-state index in [1.54, 1.807) is 19.1 Å². The van der Waals surface area contributed by atoms with Gasteiger partial charge in [-0.05, 0) is 51.8 Å². The second-order valence-corrected chi connectivity index (χ2v) is 7.51. The van der Waals surface area contributed by atoms with E-state index in [0.29, 0.717) is 11.1 Å². The number of anilines is 1. The molecule has 0 atom stereocenters. The monoisotopic (exact) mass is 312 g/mol. The Hall–Kier alpha value is -1.86. The van der Waals surface area contributed by atoms with Gasteiger partial charge in [-0.2, -0.15) is 5.26 Å². The number of nitriles is 1. The average molecular weight is 312 g/mol. The van der Waals surface area contributed by atoms with E-state index < -0.39 is 0 Å². The molecule has 3 rings (SSSR count). The number of morpholine rings is 1. The molecule has 0 amide bonds. The van der Waals surface area contributed by atoms with E-state index >= 15 is 0 Å². The second kappa shape index (κ2) is 5.65. The lowest BCUT2D eigenvalue weighted by atomic mass is 9.92. The van der Waals surface area contributed by atoms with Crippen molar-refractivity contribution in [2.45, 2.75) is 57.7 Å². The van der Waals surface area contributed by atoms with E-state index in [1.807, 2.05) is 6.07 Å². The van der Waals surface area contributed by atoms with Crippen molar-refractivity contribution < 1.29 is 9.53 Å². The fourth-order valence-electron chi connectivity index (χ4n) is 4.12. The molecule has 1 aromatic carbocycles. The van der Waals surface area contributed by atoms with Crippen molar-refractivity contribution in [3.8, 4) is 6.07 Å². The van der Waals surface area contributed by atoms with Crippen molar-refractivity contribution in [2.75, 3.05) is 18.0 Å². The molecule has 0 aromatic heterocycles. The van der Waals surface area contributed by atoms with Crippen molar-refractivity contribution in [3.05, 3.63) is 29.3 Å². The highest BCUT2D eigenvalue weighted by molar-refractivity contribution is 6.00. The third-order valence-corrected chi connectivity index (χ3v) is 4.91. The van der Waals surface area contributed by atoms with Gasteiger partial charge in [-0.25, -0.2) is 0 Å². The Morgan fingerprint density at radius 3 is 2.57 bits per heavy atom. The SMILES string of the molecule is CC(=O)c1ccc(C#N)cc1N1CC(C)(C)OC2(CCCC2)C1. The Balaban J connectivity index is 2.03. The molecule has 1 aromatic rings. The lowest BCUT2D eigenvalue weighted by Crippen LogP contribution is -2.59. The second-order valence-electron chi connectivity index (χ2n) is 7.51. The first-order chi connectivity index (χ1) is 10.8. The van der Waals surface area contributed by atoms with Gasteiger partial charge in [0.05, 0.1) is 22.8 Å². The molecule has 1 saturated carbocycles. The number of benzene rings is 1. The molecule has 122 valence electrons. The van der Waals surface area contributed by atoms with Crippen LogP contribution in [0.2, 0.25) is 0 Å². The number of ether oxygens (including phenoxy) is 1. The van der Waals surface area contributed by atoms with E-state index in [0.717, 1.165) is 31.6 Å². The third kappa shape index (κ3) is 3.11. The Bertz CT molecular complexity index is 666. The standard InChI is InChI=1S/C19H24N2O2/c1-14(22)16-7-6-15(11-20)10-17(16)21-12-18(2,3)23-19(13-21)8-4-5-9-19/h6-7,10H,4-5,8-9,12-13H2,1-3H3. The van der Waals surface area contributed by atoms with Crippen LogP contribution in [-0.2, 0) is 4.74 Å². The quantitative estimate of drug-likeness (QED) is 0.782. The van der Waals surface area contributed by atoms with E-state index in [9.17, 15) is 10.1 Å². The molecule has 2 fully saturated rings. The minimum absolute atomic E-state index is 0.0364. The van der Waals surface area contributed by atoms with Gasteiger partial charge in [0.25, 0.3) is 0 Å². The molecule has 2 aliphatic rings. The minimum atomic E-state index is -0.265. The molecule has 4 nitrogen and oxygen atoms in total. The number of rotatable bonds is 2. The van der Waals surface area contributed by atoms with Crippen LogP contribution in [0, 0.1) is 11.3 Å². The maximum Gasteiger partial charge on any atom is 0.161 e. The first-order valence-electron chi connectivity index (χ1n) is 8.34. The first-order valence-corrected chi connectivity index (χ1v) is 8.34. The predicted molar refractivity (Wildman–Crippen MR) is 89.7 cm³/mol. The Labute approximate surface area is 138 Å². The molecule has 4 heteroatoms. The van der Waals surface area contributed by atoms with E-state index in [4.69, 9.17) is 4.74 Å². The highest BCUT2D eigenvalue weighted by Crippen LogP contribution is 2.42. The smallest absolute Gasteiger partial charge is 0.161 e. The average Bonchev–Trinajstić information content (AvgIpc) is 2.91. The van der Waals surface area contributed by atoms with Crippen LogP contribution in [0.1, 0.15) is 62.4 Å². The van der Waals surface area contributed by atoms with Crippen LogP contribution in [0.25, 0.3) is 0 Å². The van der Waals surface area contributed by atoms with Crippen molar-refractivity contribution >= 4 is 11.5 Å². The number of carbonyl (C=O) groups excluding carboxylic acids is 1. The summed E-state index contributed by atoms with van der Waals surface area (Å²) in [5.74, 6) is 0.0364. The Morgan fingerprint density at radius 1 is 1.26 bits per heavy atom.